The third-order valence-electron chi connectivity index (χ3n) is 15.5. The molecule has 3 fully saturated rings. The number of imide groups is 2. The molecule has 11 rings (SSSR count). The second-order valence-corrected chi connectivity index (χ2v) is 20.7. The average molecular weight is 965 g/mol. The van der Waals surface area contributed by atoms with Crippen molar-refractivity contribution in [1.82, 2.24) is 34.2 Å². The molecule has 0 bridgehead atoms. The van der Waals surface area contributed by atoms with E-state index >= 15 is 0 Å². The Morgan fingerprint density at radius 1 is 0.831 bits per heavy atom. The molecule has 5 aliphatic heterocycles. The van der Waals surface area contributed by atoms with Crippen LogP contribution in [0.2, 0.25) is 0 Å². The number of fused-ring (bicyclic) bond motifs is 4. The van der Waals surface area contributed by atoms with E-state index in [2.05, 4.69) is 67.6 Å². The van der Waals surface area contributed by atoms with Crippen LogP contribution in [-0.2, 0) is 42.6 Å². The summed E-state index contributed by atoms with van der Waals surface area (Å²) in [4.78, 5) is 98.0. The van der Waals surface area contributed by atoms with E-state index in [4.69, 9.17) is 4.11 Å². The van der Waals surface area contributed by atoms with Crippen molar-refractivity contribution >= 4 is 58.2 Å². The molecule has 3 N–H and O–H groups in total. The number of piperazine rings is 1. The maximum atomic E-state index is 14.1. The highest BCUT2D eigenvalue weighted by Crippen LogP contribution is 2.41. The Kier molecular flexibility index (Phi) is 10.6. The maximum Gasteiger partial charge on any atom is 0.276 e. The summed E-state index contributed by atoms with van der Waals surface area (Å²) >= 11 is 0. The zero-order valence-electron chi connectivity index (χ0n) is 43.3. The van der Waals surface area contributed by atoms with E-state index in [9.17, 15) is 33.9 Å². The molecule has 5 aromatic rings. The fourth-order valence-electron chi connectivity index (χ4n) is 12.0. The van der Waals surface area contributed by atoms with Gasteiger partial charge in [0.1, 0.15) is 29.1 Å². The predicted octanol–water partition coefficient (Wildman–Crippen LogP) is 4.63. The third kappa shape index (κ3) is 8.06. The minimum Gasteiger partial charge on any atom is -0.392 e. The lowest BCUT2D eigenvalue weighted by molar-refractivity contribution is -0.136. The molecule has 18 heteroatoms. The van der Waals surface area contributed by atoms with Crippen molar-refractivity contribution in [3.05, 3.63) is 111 Å². The van der Waals surface area contributed by atoms with Crippen molar-refractivity contribution in [2.75, 3.05) is 52.7 Å². The van der Waals surface area contributed by atoms with Gasteiger partial charge in [-0.25, -0.2) is 9.97 Å². The number of aliphatic hydroxyl groups excluding tert-OH is 1. The summed E-state index contributed by atoms with van der Waals surface area (Å²) in [5.74, 6) is -1.72. The first kappa shape index (κ1) is 42.7. The minimum atomic E-state index is -2.84. The topological polar surface area (TPSA) is 199 Å². The molecule has 0 radical (unpaired) electrons. The van der Waals surface area contributed by atoms with Crippen molar-refractivity contribution in [2.45, 2.75) is 104 Å². The van der Waals surface area contributed by atoms with Gasteiger partial charge in [0.05, 0.1) is 29.6 Å². The van der Waals surface area contributed by atoms with E-state index in [1.54, 1.807) is 35.4 Å². The molecule has 0 spiro atoms. The van der Waals surface area contributed by atoms with E-state index < -0.39 is 48.8 Å². The fraction of sp³-hybridized carbons (Fsp3) is 0.434. The molecule has 0 saturated carbocycles. The van der Waals surface area contributed by atoms with Crippen LogP contribution in [0.4, 0.5) is 28.7 Å². The number of amides is 5. The molecule has 1 unspecified atom stereocenters. The van der Waals surface area contributed by atoms with Gasteiger partial charge in [-0.15, -0.1) is 0 Å². The van der Waals surface area contributed by atoms with Crippen molar-refractivity contribution in [3.8, 4) is 11.1 Å². The van der Waals surface area contributed by atoms with Crippen molar-refractivity contribution in [1.29, 1.82) is 0 Å². The molecular formula is C53H59N11O7. The normalized spacial score (nSPS) is 24.1. The van der Waals surface area contributed by atoms with E-state index in [0.29, 0.717) is 51.9 Å². The van der Waals surface area contributed by atoms with Crippen LogP contribution >= 0.6 is 0 Å². The van der Waals surface area contributed by atoms with Gasteiger partial charge in [0.15, 0.2) is 0 Å². The largest absolute Gasteiger partial charge is 0.392 e. The molecule has 368 valence electrons. The number of nitrogens with one attached hydrogen (secondary N) is 2. The van der Waals surface area contributed by atoms with E-state index in [-0.39, 0.29) is 58.9 Å². The second kappa shape index (κ2) is 17.6. The van der Waals surface area contributed by atoms with Crippen LogP contribution in [0.1, 0.15) is 106 Å². The van der Waals surface area contributed by atoms with Gasteiger partial charge in [0, 0.05) is 110 Å². The predicted molar refractivity (Wildman–Crippen MR) is 267 cm³/mol. The van der Waals surface area contributed by atoms with Gasteiger partial charge in [-0.2, -0.15) is 0 Å². The van der Waals surface area contributed by atoms with Gasteiger partial charge in [0.2, 0.25) is 11.8 Å². The number of hydrogen-bond donors (Lipinski definition) is 3. The van der Waals surface area contributed by atoms with Crippen LogP contribution in [0.25, 0.3) is 11.1 Å². The number of carbonyl (C=O) groups excluding carboxylic acids is 5. The Balaban J connectivity index is 0.751. The lowest BCUT2D eigenvalue weighted by atomic mass is 9.90. The van der Waals surface area contributed by atoms with Crippen molar-refractivity contribution < 1.29 is 33.2 Å². The summed E-state index contributed by atoms with van der Waals surface area (Å²) in [6.07, 6.45) is 8.23. The summed E-state index contributed by atoms with van der Waals surface area (Å²) in [5.41, 5.74) is 5.58. The summed E-state index contributed by atoms with van der Waals surface area (Å²) in [5, 5.41) is 16.2. The van der Waals surface area contributed by atoms with E-state index in [1.807, 2.05) is 18.2 Å². The third-order valence-corrected chi connectivity index (χ3v) is 15.5. The number of nitrogens with zero attached hydrogens (tertiary/aromatic N) is 9. The first-order valence-electron chi connectivity index (χ1n) is 26.0. The van der Waals surface area contributed by atoms with Crippen LogP contribution in [0.5, 0.6) is 0 Å². The van der Waals surface area contributed by atoms with Gasteiger partial charge in [0.25, 0.3) is 23.3 Å². The zero-order valence-corrected chi connectivity index (χ0v) is 40.3. The lowest BCUT2D eigenvalue weighted by Gasteiger charge is -2.48. The Labute approximate surface area is 415 Å². The summed E-state index contributed by atoms with van der Waals surface area (Å²) in [7, 11) is 0. The molecule has 6 aliphatic rings. The molecule has 1 aliphatic carbocycles. The Bertz CT molecular complexity index is 3220. The molecule has 4 atom stereocenters. The highest BCUT2D eigenvalue weighted by atomic mass is 16.3. The molecule has 18 nitrogen and oxygen atoms in total. The number of piperidine rings is 2. The number of carbonyl (C=O) groups is 5. The first-order valence-corrected chi connectivity index (χ1v) is 24.5. The van der Waals surface area contributed by atoms with E-state index in [1.165, 1.54) is 29.7 Å². The number of rotatable bonds is 9. The van der Waals surface area contributed by atoms with Crippen LogP contribution in [0.3, 0.4) is 0 Å². The molecule has 71 heavy (non-hydrogen) atoms. The molecule has 4 aromatic heterocycles. The highest BCUT2D eigenvalue weighted by molar-refractivity contribution is 6.23. The Morgan fingerprint density at radius 3 is 2.38 bits per heavy atom. The van der Waals surface area contributed by atoms with Crippen LogP contribution in [0, 0.1) is 5.41 Å². The number of anilines is 5. The first-order chi connectivity index (χ1) is 35.3. The lowest BCUT2D eigenvalue weighted by Crippen LogP contribution is -2.58. The van der Waals surface area contributed by atoms with Gasteiger partial charge >= 0.3 is 0 Å². The number of aryl methyl sites for hydroxylation is 1. The zero-order chi connectivity index (χ0) is 52.1. The summed E-state index contributed by atoms with van der Waals surface area (Å²) in [6.45, 7) is 9.49. The minimum absolute atomic E-state index is 0.0381. The van der Waals surface area contributed by atoms with Gasteiger partial charge in [-0.1, -0.05) is 13.8 Å². The SMILES string of the molecule is [2H]C([2H])([2H])n1cc(-c2ccnc(N3CCn4c(cc5c4CC(C)(C)C5)C3=O)c2CO)cc(Nc2ccc(N3CCN([C@H]4CCN(c5ccc6c(c5)C(=O)N(C5CCC(=O)NC5=O)C6=O)[C@@H](C)C4)C[C@@H]3C)cn2)c1=O. The molecule has 9 heterocycles. The van der Waals surface area contributed by atoms with Crippen molar-refractivity contribution in [3.63, 3.8) is 0 Å². The standard InChI is InChI=1S/C53H59N11O7/c1-30-20-34(13-15-60(30)35-6-8-38-39(23-35)50(69)64(49(38)68)42-9-11-46(66)57-48(42)67)59-16-17-61(31(2)27-59)36-7-10-45(55-26-36)56-41-21-33(28-58(5)51(41)70)37-12-14-54-47(40(37)29-65)63-19-18-62-43(52(63)71)22-32-24-53(3,4)25-44(32)62/h6-8,10,12,14,21-23,26,28,30-31,34,42,65H,9,11,13,15-20,24-25,27,29H2,1-5H3,(H,55,56)(H,57,66,67)/t30-,31-,34-,42?/m0/s1/i5D3. The summed E-state index contributed by atoms with van der Waals surface area (Å²) in [6, 6.07) is 13.7. The fourth-order valence-corrected chi connectivity index (χ4v) is 12.0. The Hall–Kier alpha value is -7.18. The summed E-state index contributed by atoms with van der Waals surface area (Å²) < 4.78 is 27.6. The van der Waals surface area contributed by atoms with Gasteiger partial charge in [-0.05, 0) is 111 Å². The van der Waals surface area contributed by atoms with Gasteiger partial charge < -0.3 is 29.4 Å². The molecule has 1 aromatic carbocycles. The van der Waals surface area contributed by atoms with Crippen LogP contribution < -0.4 is 30.9 Å². The van der Waals surface area contributed by atoms with Crippen molar-refractivity contribution in [2.24, 2.45) is 12.4 Å². The highest BCUT2D eigenvalue weighted by Gasteiger charge is 2.45. The average Bonchev–Trinajstić information content (AvgIpc) is 3.95. The van der Waals surface area contributed by atoms with Gasteiger partial charge in [-0.3, -0.25) is 48.8 Å². The second-order valence-electron chi connectivity index (χ2n) is 20.7. The number of benzene rings is 1. The quantitative estimate of drug-likeness (QED) is 0.173. The molecule has 5 amide bonds. The Morgan fingerprint density at radius 2 is 1.63 bits per heavy atom. The van der Waals surface area contributed by atoms with Crippen LogP contribution in [-0.4, -0.2) is 120 Å². The number of pyridine rings is 3. The number of aromatic nitrogens is 4. The monoisotopic (exact) mass is 964 g/mol. The maximum absolute atomic E-state index is 14.1. The smallest absolute Gasteiger partial charge is 0.276 e. The molecular weight excluding hydrogens is 903 g/mol. The van der Waals surface area contributed by atoms with Crippen LogP contribution in [0.15, 0.2) is 71.9 Å². The number of aliphatic hydroxyl groups is 1. The molecule has 3 saturated heterocycles. The van der Waals surface area contributed by atoms with E-state index in [0.717, 1.165) is 68.1 Å². The number of hydrogen-bond acceptors (Lipinski definition) is 13.